The molecule has 0 saturated heterocycles. The smallest absolute Gasteiger partial charge is 0.260 e. The Morgan fingerprint density at radius 2 is 2.10 bits per heavy atom. The third-order valence-corrected chi connectivity index (χ3v) is 3.06. The number of carbonyl (C=O) groups excluding carboxylic acids is 1. The predicted octanol–water partition coefficient (Wildman–Crippen LogP) is 2.08. The number of aromatic nitrogens is 2. The molecule has 1 aromatic carbocycles. The first kappa shape index (κ1) is 15.1. The van der Waals surface area contributed by atoms with Gasteiger partial charge >= 0.3 is 0 Å². The Hall–Kier alpha value is -2.34. The number of methoxy groups -OCH3 is 2. The van der Waals surface area contributed by atoms with E-state index in [2.05, 4.69) is 15.3 Å². The molecule has 1 amide bonds. The fourth-order valence-corrected chi connectivity index (χ4v) is 1.96. The first-order valence-electron chi connectivity index (χ1n) is 6.11. The molecule has 0 bridgehead atoms. The van der Waals surface area contributed by atoms with Crippen molar-refractivity contribution in [2.75, 3.05) is 14.2 Å². The lowest BCUT2D eigenvalue weighted by molar-refractivity contribution is 0.0946. The number of hydrogen-bond acceptors (Lipinski definition) is 5. The zero-order valence-electron chi connectivity index (χ0n) is 11.6. The summed E-state index contributed by atoms with van der Waals surface area (Å²) in [5.74, 6) is 0.457. The van der Waals surface area contributed by atoms with E-state index in [0.29, 0.717) is 6.54 Å². The van der Waals surface area contributed by atoms with Crippen LogP contribution in [0.15, 0.2) is 30.6 Å². The van der Waals surface area contributed by atoms with Gasteiger partial charge in [-0.05, 0) is 17.7 Å². The van der Waals surface area contributed by atoms with Crippen molar-refractivity contribution >= 4 is 17.5 Å². The maximum atomic E-state index is 12.2. The molecule has 0 aliphatic carbocycles. The summed E-state index contributed by atoms with van der Waals surface area (Å²) in [5, 5.41) is 2.79. The van der Waals surface area contributed by atoms with Gasteiger partial charge in [-0.3, -0.25) is 4.79 Å². The fourth-order valence-electron chi connectivity index (χ4n) is 1.75. The predicted molar refractivity (Wildman–Crippen MR) is 77.8 cm³/mol. The molecule has 2 aromatic rings. The number of hydrogen-bond donors (Lipinski definition) is 1. The van der Waals surface area contributed by atoms with Crippen LogP contribution in [0.3, 0.4) is 0 Å². The quantitative estimate of drug-likeness (QED) is 0.856. The first-order valence-corrected chi connectivity index (χ1v) is 6.49. The molecule has 0 atom stereocenters. The molecule has 0 aliphatic rings. The average molecular weight is 308 g/mol. The molecule has 6 nitrogen and oxygen atoms in total. The van der Waals surface area contributed by atoms with Crippen molar-refractivity contribution in [2.45, 2.75) is 6.54 Å². The molecule has 0 unspecified atom stereocenters. The Balaban J connectivity index is 2.12. The van der Waals surface area contributed by atoms with Crippen molar-refractivity contribution in [3.8, 4) is 11.6 Å². The van der Waals surface area contributed by atoms with Crippen LogP contribution in [-0.4, -0.2) is 30.1 Å². The lowest BCUT2D eigenvalue weighted by atomic mass is 10.2. The van der Waals surface area contributed by atoms with E-state index >= 15 is 0 Å². The van der Waals surface area contributed by atoms with Gasteiger partial charge in [0.05, 0.1) is 14.2 Å². The zero-order chi connectivity index (χ0) is 15.2. The summed E-state index contributed by atoms with van der Waals surface area (Å²) in [6.07, 6.45) is 1.24. The maximum absolute atomic E-state index is 12.2. The normalized spacial score (nSPS) is 10.0. The Kier molecular flexibility index (Phi) is 4.94. The van der Waals surface area contributed by atoms with Crippen LogP contribution in [0.1, 0.15) is 15.9 Å². The van der Waals surface area contributed by atoms with E-state index in [4.69, 9.17) is 21.1 Å². The second-order valence-electron chi connectivity index (χ2n) is 4.08. The number of nitrogens with one attached hydrogen (secondary N) is 1. The second kappa shape index (κ2) is 6.90. The van der Waals surface area contributed by atoms with E-state index in [1.54, 1.807) is 7.11 Å². The van der Waals surface area contributed by atoms with Crippen molar-refractivity contribution in [1.82, 2.24) is 15.3 Å². The van der Waals surface area contributed by atoms with Crippen LogP contribution >= 0.6 is 11.6 Å². The molecule has 21 heavy (non-hydrogen) atoms. The fraction of sp³-hybridized carbons (Fsp3) is 0.214. The summed E-state index contributed by atoms with van der Waals surface area (Å²) in [6, 6.07) is 7.39. The Morgan fingerprint density at radius 3 is 2.81 bits per heavy atom. The van der Waals surface area contributed by atoms with Crippen LogP contribution in [0.4, 0.5) is 0 Å². The highest BCUT2D eigenvalue weighted by Gasteiger charge is 2.18. The highest BCUT2D eigenvalue weighted by molar-refractivity contribution is 6.32. The highest BCUT2D eigenvalue weighted by Crippen LogP contribution is 2.21. The average Bonchev–Trinajstić information content (AvgIpc) is 2.52. The van der Waals surface area contributed by atoms with Crippen molar-refractivity contribution in [2.24, 2.45) is 0 Å². The van der Waals surface area contributed by atoms with Gasteiger partial charge in [0, 0.05) is 6.54 Å². The van der Waals surface area contributed by atoms with E-state index in [0.717, 1.165) is 11.3 Å². The summed E-state index contributed by atoms with van der Waals surface area (Å²) < 4.78 is 10.1. The minimum Gasteiger partial charge on any atom is -0.497 e. The van der Waals surface area contributed by atoms with Gasteiger partial charge in [-0.1, -0.05) is 23.7 Å². The maximum Gasteiger partial charge on any atom is 0.260 e. The van der Waals surface area contributed by atoms with Gasteiger partial charge in [-0.2, -0.15) is 0 Å². The number of ether oxygens (including phenoxy) is 2. The standard InChI is InChI=1S/C14H14ClN3O3/c1-20-10-5-3-4-9(6-10)7-16-13(19)11-12(15)17-8-18-14(11)21-2/h3-6,8H,7H2,1-2H3,(H,16,19). The molecule has 2 rings (SSSR count). The van der Waals surface area contributed by atoms with E-state index in [1.807, 2.05) is 24.3 Å². The van der Waals surface area contributed by atoms with Gasteiger partial charge in [0.2, 0.25) is 5.88 Å². The van der Waals surface area contributed by atoms with Crippen LogP contribution in [0.25, 0.3) is 0 Å². The number of benzene rings is 1. The molecule has 0 radical (unpaired) electrons. The van der Waals surface area contributed by atoms with Crippen LogP contribution in [0.5, 0.6) is 11.6 Å². The first-order chi connectivity index (χ1) is 10.2. The molecule has 0 aliphatic heterocycles. The molecule has 0 saturated carbocycles. The Morgan fingerprint density at radius 1 is 1.29 bits per heavy atom. The molecule has 0 fully saturated rings. The van der Waals surface area contributed by atoms with Crippen molar-refractivity contribution < 1.29 is 14.3 Å². The Labute approximate surface area is 127 Å². The van der Waals surface area contributed by atoms with Crippen molar-refractivity contribution in [1.29, 1.82) is 0 Å². The van der Waals surface area contributed by atoms with Gasteiger partial charge in [0.1, 0.15) is 22.8 Å². The van der Waals surface area contributed by atoms with E-state index < -0.39 is 5.91 Å². The summed E-state index contributed by atoms with van der Waals surface area (Å²) in [5.41, 5.74) is 1.01. The van der Waals surface area contributed by atoms with Gasteiger partial charge in [-0.15, -0.1) is 0 Å². The number of carbonyl (C=O) groups is 1. The summed E-state index contributed by atoms with van der Waals surface area (Å²) in [7, 11) is 3.00. The summed E-state index contributed by atoms with van der Waals surface area (Å²) in [6.45, 7) is 0.324. The highest BCUT2D eigenvalue weighted by atomic mass is 35.5. The van der Waals surface area contributed by atoms with Gasteiger partial charge < -0.3 is 14.8 Å². The minimum absolute atomic E-state index is 0.0463. The Bertz CT molecular complexity index is 649. The van der Waals surface area contributed by atoms with E-state index in [1.165, 1.54) is 13.4 Å². The third-order valence-electron chi connectivity index (χ3n) is 2.77. The summed E-state index contributed by atoms with van der Waals surface area (Å²) in [4.78, 5) is 19.8. The van der Waals surface area contributed by atoms with Crippen LogP contribution in [0, 0.1) is 0 Å². The van der Waals surface area contributed by atoms with E-state index in [9.17, 15) is 4.79 Å². The monoisotopic (exact) mass is 307 g/mol. The number of amides is 1. The molecular weight excluding hydrogens is 294 g/mol. The van der Waals surface area contributed by atoms with Crippen LogP contribution in [0.2, 0.25) is 5.15 Å². The number of halogens is 1. The topological polar surface area (TPSA) is 73.3 Å². The largest absolute Gasteiger partial charge is 0.497 e. The zero-order valence-corrected chi connectivity index (χ0v) is 12.3. The lowest BCUT2D eigenvalue weighted by Crippen LogP contribution is -2.24. The summed E-state index contributed by atoms with van der Waals surface area (Å²) >= 11 is 5.92. The second-order valence-corrected chi connectivity index (χ2v) is 4.44. The van der Waals surface area contributed by atoms with Crippen molar-refractivity contribution in [3.63, 3.8) is 0 Å². The molecule has 1 aromatic heterocycles. The third kappa shape index (κ3) is 3.61. The van der Waals surface area contributed by atoms with Gasteiger partial charge in [0.15, 0.2) is 0 Å². The SMILES string of the molecule is COc1cccc(CNC(=O)c2c(Cl)ncnc2OC)c1. The minimum atomic E-state index is -0.403. The lowest BCUT2D eigenvalue weighted by Gasteiger charge is -2.09. The van der Waals surface area contributed by atoms with Gasteiger partial charge in [0.25, 0.3) is 5.91 Å². The van der Waals surface area contributed by atoms with E-state index in [-0.39, 0.29) is 16.6 Å². The molecule has 1 heterocycles. The number of rotatable bonds is 5. The van der Waals surface area contributed by atoms with Gasteiger partial charge in [-0.25, -0.2) is 9.97 Å². The van der Waals surface area contributed by atoms with Crippen LogP contribution in [-0.2, 0) is 6.54 Å². The van der Waals surface area contributed by atoms with Crippen molar-refractivity contribution in [3.05, 3.63) is 46.9 Å². The molecule has 0 spiro atoms. The van der Waals surface area contributed by atoms with Crippen LogP contribution < -0.4 is 14.8 Å². The molecule has 1 N–H and O–H groups in total. The number of nitrogens with zero attached hydrogens (tertiary/aromatic N) is 2. The molecular formula is C14H14ClN3O3. The molecule has 7 heteroatoms. The molecule has 110 valence electrons.